The first-order chi connectivity index (χ1) is 11.0. The molecule has 0 bridgehead atoms. The lowest BCUT2D eigenvalue weighted by Crippen LogP contribution is -2.40. The third kappa shape index (κ3) is 9.92. The van der Waals surface area contributed by atoms with E-state index < -0.39 is 0 Å². The van der Waals surface area contributed by atoms with Gasteiger partial charge in [-0.25, -0.2) is 9.98 Å². The highest BCUT2D eigenvalue weighted by atomic mass is 127. The molecule has 136 valence electrons. The van der Waals surface area contributed by atoms with Gasteiger partial charge in [0.2, 0.25) is 5.91 Å². The maximum Gasteiger partial charge on any atom is 0.243 e. The van der Waals surface area contributed by atoms with Gasteiger partial charge >= 0.3 is 0 Å². The van der Waals surface area contributed by atoms with Crippen LogP contribution in [0.25, 0.3) is 0 Å². The van der Waals surface area contributed by atoms with Gasteiger partial charge in [0.1, 0.15) is 11.7 Å². The molecule has 1 aromatic rings. The number of pyridine rings is 1. The summed E-state index contributed by atoms with van der Waals surface area (Å²) in [4.78, 5) is 21.6. The fraction of sp³-hybridized carbons (Fsp3) is 0.562. The number of likely N-dealkylation sites (N-methyl/N-ethyl adjacent to an activating group) is 1. The Morgan fingerprint density at radius 1 is 1.29 bits per heavy atom. The molecule has 0 unspecified atom stereocenters. The van der Waals surface area contributed by atoms with E-state index in [2.05, 4.69) is 27.5 Å². The molecule has 0 aliphatic rings. The van der Waals surface area contributed by atoms with E-state index in [1.807, 2.05) is 6.07 Å². The number of carbonyl (C=O) groups is 1. The zero-order valence-electron chi connectivity index (χ0n) is 14.5. The molecule has 8 heteroatoms. The standard InChI is InChI=1S/C16H26ClN5O.HI/c1-4-5-9-18-16(21-12-15(23)22(2)3)19-10-8-13-6-7-14(17)20-11-13;/h6-7,11H,4-5,8-10,12H2,1-3H3,(H2,18,19,21);1H. The fourth-order valence-corrected chi connectivity index (χ4v) is 1.84. The lowest BCUT2D eigenvalue weighted by atomic mass is 10.2. The first kappa shape index (κ1) is 22.9. The lowest BCUT2D eigenvalue weighted by molar-refractivity contribution is -0.127. The van der Waals surface area contributed by atoms with Gasteiger partial charge in [0.25, 0.3) is 0 Å². The van der Waals surface area contributed by atoms with Gasteiger partial charge in [-0.2, -0.15) is 0 Å². The van der Waals surface area contributed by atoms with Gasteiger partial charge in [-0.15, -0.1) is 24.0 Å². The summed E-state index contributed by atoms with van der Waals surface area (Å²) in [5.41, 5.74) is 1.10. The third-order valence-corrected chi connectivity index (χ3v) is 3.41. The van der Waals surface area contributed by atoms with Crippen LogP contribution in [0.2, 0.25) is 5.15 Å². The predicted molar refractivity (Wildman–Crippen MR) is 110 cm³/mol. The summed E-state index contributed by atoms with van der Waals surface area (Å²) in [5.74, 6) is 0.638. The van der Waals surface area contributed by atoms with Gasteiger partial charge in [-0.05, 0) is 24.5 Å². The van der Waals surface area contributed by atoms with E-state index in [9.17, 15) is 4.79 Å². The summed E-state index contributed by atoms with van der Waals surface area (Å²) in [7, 11) is 3.45. The van der Waals surface area contributed by atoms with Crippen LogP contribution in [-0.4, -0.2) is 55.5 Å². The van der Waals surface area contributed by atoms with Gasteiger partial charge in [-0.3, -0.25) is 4.79 Å². The number of amides is 1. The number of aliphatic imine (C=N–C) groups is 1. The Labute approximate surface area is 166 Å². The second-order valence-electron chi connectivity index (χ2n) is 5.40. The Hall–Kier alpha value is -1.09. The fourth-order valence-electron chi connectivity index (χ4n) is 1.73. The Morgan fingerprint density at radius 3 is 2.58 bits per heavy atom. The molecule has 6 nitrogen and oxygen atoms in total. The predicted octanol–water partition coefficient (Wildman–Crippen LogP) is 2.32. The van der Waals surface area contributed by atoms with Crippen molar-refractivity contribution in [2.24, 2.45) is 4.99 Å². The number of halogens is 2. The van der Waals surface area contributed by atoms with Gasteiger partial charge in [0.15, 0.2) is 5.96 Å². The van der Waals surface area contributed by atoms with Crippen LogP contribution >= 0.6 is 35.6 Å². The largest absolute Gasteiger partial charge is 0.356 e. The average Bonchev–Trinajstić information content (AvgIpc) is 2.53. The lowest BCUT2D eigenvalue weighted by Gasteiger charge is -2.13. The Morgan fingerprint density at radius 2 is 2.00 bits per heavy atom. The van der Waals surface area contributed by atoms with Gasteiger partial charge in [0.05, 0.1) is 0 Å². The number of aromatic nitrogens is 1. The maximum absolute atomic E-state index is 11.6. The van der Waals surface area contributed by atoms with E-state index in [4.69, 9.17) is 11.6 Å². The number of unbranched alkanes of at least 4 members (excludes halogenated alkanes) is 1. The topological polar surface area (TPSA) is 69.6 Å². The van der Waals surface area contributed by atoms with Crippen molar-refractivity contribution in [2.75, 3.05) is 33.7 Å². The quantitative estimate of drug-likeness (QED) is 0.202. The molecule has 0 spiro atoms. The van der Waals surface area contributed by atoms with E-state index >= 15 is 0 Å². The first-order valence-corrected chi connectivity index (χ1v) is 8.23. The molecule has 0 radical (unpaired) electrons. The molecule has 2 N–H and O–H groups in total. The zero-order valence-corrected chi connectivity index (χ0v) is 17.6. The van der Waals surface area contributed by atoms with E-state index in [0.29, 0.717) is 17.7 Å². The zero-order chi connectivity index (χ0) is 17.1. The normalized spacial score (nSPS) is 10.8. The number of nitrogens with zero attached hydrogens (tertiary/aromatic N) is 3. The van der Waals surface area contributed by atoms with Crippen molar-refractivity contribution in [3.63, 3.8) is 0 Å². The van der Waals surface area contributed by atoms with Crippen LogP contribution in [0.3, 0.4) is 0 Å². The van der Waals surface area contributed by atoms with Crippen molar-refractivity contribution in [1.29, 1.82) is 0 Å². The summed E-state index contributed by atoms with van der Waals surface area (Å²) in [6, 6.07) is 3.73. The molecule has 24 heavy (non-hydrogen) atoms. The number of hydrogen-bond acceptors (Lipinski definition) is 3. The van der Waals surface area contributed by atoms with Crippen molar-refractivity contribution < 1.29 is 4.79 Å². The number of hydrogen-bond donors (Lipinski definition) is 2. The van der Waals surface area contributed by atoms with Crippen molar-refractivity contribution in [3.8, 4) is 0 Å². The Kier molecular flexibility index (Phi) is 12.6. The third-order valence-electron chi connectivity index (χ3n) is 3.19. The Balaban J connectivity index is 0.00000529. The molecule has 1 rings (SSSR count). The second-order valence-corrected chi connectivity index (χ2v) is 5.79. The molecule has 1 heterocycles. The summed E-state index contributed by atoms with van der Waals surface area (Å²) in [6.45, 7) is 3.81. The number of carbonyl (C=O) groups excluding carboxylic acids is 1. The SMILES string of the molecule is CCCCNC(=NCC(=O)N(C)C)NCCc1ccc(Cl)nc1.I. The van der Waals surface area contributed by atoms with Crippen molar-refractivity contribution >= 4 is 47.4 Å². The number of rotatable bonds is 8. The molecule has 0 aliphatic carbocycles. The van der Waals surface area contributed by atoms with Crippen LogP contribution in [0.4, 0.5) is 0 Å². The van der Waals surface area contributed by atoms with Crippen LogP contribution in [-0.2, 0) is 11.2 Å². The smallest absolute Gasteiger partial charge is 0.243 e. The minimum absolute atomic E-state index is 0. The van der Waals surface area contributed by atoms with Crippen LogP contribution < -0.4 is 10.6 Å². The molecule has 0 aliphatic heterocycles. The van der Waals surface area contributed by atoms with Gasteiger partial charge < -0.3 is 15.5 Å². The molecule has 0 fully saturated rings. The molecule has 0 aromatic carbocycles. The van der Waals surface area contributed by atoms with Crippen LogP contribution in [0.1, 0.15) is 25.3 Å². The minimum Gasteiger partial charge on any atom is -0.356 e. The average molecular weight is 468 g/mol. The molecule has 1 amide bonds. The van der Waals surface area contributed by atoms with Gasteiger partial charge in [0, 0.05) is 33.4 Å². The molecule has 0 atom stereocenters. The van der Waals surface area contributed by atoms with Crippen molar-refractivity contribution in [1.82, 2.24) is 20.5 Å². The van der Waals surface area contributed by atoms with E-state index in [1.165, 1.54) is 4.90 Å². The molecular weight excluding hydrogens is 441 g/mol. The number of guanidine groups is 1. The van der Waals surface area contributed by atoms with E-state index in [-0.39, 0.29) is 36.4 Å². The van der Waals surface area contributed by atoms with Crippen molar-refractivity contribution in [3.05, 3.63) is 29.0 Å². The van der Waals surface area contributed by atoms with Crippen LogP contribution in [0.15, 0.2) is 23.3 Å². The monoisotopic (exact) mass is 467 g/mol. The highest BCUT2D eigenvalue weighted by molar-refractivity contribution is 14.0. The van der Waals surface area contributed by atoms with Crippen LogP contribution in [0, 0.1) is 0 Å². The summed E-state index contributed by atoms with van der Waals surface area (Å²) < 4.78 is 0. The molecule has 0 saturated carbocycles. The minimum atomic E-state index is -0.0245. The summed E-state index contributed by atoms with van der Waals surface area (Å²) in [6.07, 6.45) is 4.73. The molecule has 0 saturated heterocycles. The highest BCUT2D eigenvalue weighted by Crippen LogP contribution is 2.05. The van der Waals surface area contributed by atoms with E-state index in [0.717, 1.165) is 31.4 Å². The Bertz CT molecular complexity index is 508. The summed E-state index contributed by atoms with van der Waals surface area (Å²) >= 11 is 5.77. The summed E-state index contributed by atoms with van der Waals surface area (Å²) in [5, 5.41) is 6.98. The van der Waals surface area contributed by atoms with E-state index in [1.54, 1.807) is 26.4 Å². The van der Waals surface area contributed by atoms with Crippen LogP contribution in [0.5, 0.6) is 0 Å². The van der Waals surface area contributed by atoms with Crippen molar-refractivity contribution in [2.45, 2.75) is 26.2 Å². The second kappa shape index (κ2) is 13.2. The number of nitrogens with one attached hydrogen (secondary N) is 2. The molecular formula is C16H27ClIN5O. The maximum atomic E-state index is 11.6. The first-order valence-electron chi connectivity index (χ1n) is 7.85. The molecule has 1 aromatic heterocycles. The highest BCUT2D eigenvalue weighted by Gasteiger charge is 2.04. The van der Waals surface area contributed by atoms with Gasteiger partial charge in [-0.1, -0.05) is 31.0 Å².